The number of fused-ring (bicyclic) bond motifs is 1. The Morgan fingerprint density at radius 3 is 2.67 bits per heavy atom. The van der Waals surface area contributed by atoms with Gasteiger partial charge in [-0.3, -0.25) is 4.79 Å². The number of likely N-dealkylation sites (N-methyl/N-ethyl adjacent to an activating group) is 1. The molecule has 0 atom stereocenters. The Balaban J connectivity index is 1.97. The smallest absolute Gasteiger partial charge is 0.338 e. The maximum absolute atomic E-state index is 12.4. The number of carbonyl (C=O) groups excluding carboxylic acids is 2. The lowest BCUT2D eigenvalue weighted by atomic mass is 9.95. The first kappa shape index (κ1) is 16.1. The highest BCUT2D eigenvalue weighted by Crippen LogP contribution is 2.30. The van der Waals surface area contributed by atoms with Crippen molar-refractivity contribution in [2.75, 3.05) is 20.7 Å². The molecule has 1 heterocycles. The lowest BCUT2D eigenvalue weighted by Crippen LogP contribution is -2.34. The molecule has 124 valence electrons. The van der Waals surface area contributed by atoms with Gasteiger partial charge < -0.3 is 14.4 Å². The number of ether oxygens (including phenoxy) is 2. The molecule has 0 aromatic heterocycles. The maximum Gasteiger partial charge on any atom is 0.338 e. The number of hydrogen-bond donors (Lipinski definition) is 0. The number of rotatable bonds is 4. The molecule has 0 saturated carbocycles. The molecule has 0 spiro atoms. The molecule has 24 heavy (non-hydrogen) atoms. The molecule has 2 aromatic carbocycles. The first-order valence-corrected chi connectivity index (χ1v) is 7.77. The van der Waals surface area contributed by atoms with Crippen LogP contribution in [0.2, 0.25) is 0 Å². The summed E-state index contributed by atoms with van der Waals surface area (Å²) in [5, 5.41) is 0. The molecule has 0 saturated heterocycles. The van der Waals surface area contributed by atoms with Gasteiger partial charge in [0.15, 0.2) is 0 Å². The standard InChI is InChI=1S/C19H19NO4/c1-20-9-8-15-16(18(20)21)10-14(19(22)23-2)11-17(15)24-12-13-6-4-3-5-7-13/h3-7,10-11H,8-9,12H2,1-2H3. The van der Waals surface area contributed by atoms with Crippen molar-refractivity contribution in [3.8, 4) is 5.75 Å². The van der Waals surface area contributed by atoms with Gasteiger partial charge in [-0.05, 0) is 24.1 Å². The van der Waals surface area contributed by atoms with Gasteiger partial charge >= 0.3 is 5.97 Å². The SMILES string of the molecule is COC(=O)c1cc(OCc2ccccc2)c2c(c1)C(=O)N(C)CC2. The van der Waals surface area contributed by atoms with Gasteiger partial charge in [-0.25, -0.2) is 4.79 Å². The normalized spacial score (nSPS) is 13.4. The van der Waals surface area contributed by atoms with Crippen LogP contribution in [0.5, 0.6) is 5.75 Å². The molecule has 1 amide bonds. The zero-order chi connectivity index (χ0) is 17.1. The molecule has 0 aliphatic carbocycles. The second-order valence-corrected chi connectivity index (χ2v) is 5.74. The van der Waals surface area contributed by atoms with E-state index in [-0.39, 0.29) is 5.91 Å². The van der Waals surface area contributed by atoms with E-state index in [0.717, 1.165) is 11.1 Å². The van der Waals surface area contributed by atoms with Gasteiger partial charge in [0.1, 0.15) is 12.4 Å². The quantitative estimate of drug-likeness (QED) is 0.811. The number of amides is 1. The predicted octanol–water partition coefficient (Wildman–Crippen LogP) is 2.68. The Morgan fingerprint density at radius 1 is 1.21 bits per heavy atom. The first-order chi connectivity index (χ1) is 11.6. The molecule has 3 rings (SSSR count). The molecular weight excluding hydrogens is 306 g/mol. The number of carbonyl (C=O) groups is 2. The second kappa shape index (κ2) is 6.74. The van der Waals surface area contributed by atoms with Gasteiger partial charge in [-0.1, -0.05) is 30.3 Å². The van der Waals surface area contributed by atoms with Gasteiger partial charge in [0.25, 0.3) is 5.91 Å². The van der Waals surface area contributed by atoms with Crippen LogP contribution in [0.15, 0.2) is 42.5 Å². The van der Waals surface area contributed by atoms with Crippen molar-refractivity contribution in [1.82, 2.24) is 4.90 Å². The van der Waals surface area contributed by atoms with E-state index >= 15 is 0 Å². The zero-order valence-corrected chi connectivity index (χ0v) is 13.7. The first-order valence-electron chi connectivity index (χ1n) is 7.77. The molecule has 0 unspecified atom stereocenters. The fourth-order valence-electron chi connectivity index (χ4n) is 2.78. The third-order valence-electron chi connectivity index (χ3n) is 4.14. The van der Waals surface area contributed by atoms with E-state index in [0.29, 0.717) is 36.4 Å². The van der Waals surface area contributed by atoms with Gasteiger partial charge in [0, 0.05) is 24.7 Å². The largest absolute Gasteiger partial charge is 0.489 e. The van der Waals surface area contributed by atoms with Crippen LogP contribution in [0.25, 0.3) is 0 Å². The third-order valence-corrected chi connectivity index (χ3v) is 4.14. The fourth-order valence-corrected chi connectivity index (χ4v) is 2.78. The van der Waals surface area contributed by atoms with E-state index in [1.165, 1.54) is 7.11 Å². The van der Waals surface area contributed by atoms with Crippen molar-refractivity contribution in [3.05, 3.63) is 64.7 Å². The van der Waals surface area contributed by atoms with Crippen LogP contribution in [0.4, 0.5) is 0 Å². The van der Waals surface area contributed by atoms with Crippen LogP contribution in [0.3, 0.4) is 0 Å². The summed E-state index contributed by atoms with van der Waals surface area (Å²) in [6.45, 7) is 1.01. The van der Waals surface area contributed by atoms with E-state index in [4.69, 9.17) is 9.47 Å². The summed E-state index contributed by atoms with van der Waals surface area (Å²) in [4.78, 5) is 26.0. The van der Waals surface area contributed by atoms with Crippen molar-refractivity contribution in [2.24, 2.45) is 0 Å². The Morgan fingerprint density at radius 2 is 1.96 bits per heavy atom. The number of nitrogens with zero attached hydrogens (tertiary/aromatic N) is 1. The van der Waals surface area contributed by atoms with Crippen LogP contribution in [0.1, 0.15) is 31.8 Å². The highest BCUT2D eigenvalue weighted by molar-refractivity contribution is 6.00. The highest BCUT2D eigenvalue weighted by atomic mass is 16.5. The monoisotopic (exact) mass is 325 g/mol. The molecule has 0 fully saturated rings. The highest BCUT2D eigenvalue weighted by Gasteiger charge is 2.26. The van der Waals surface area contributed by atoms with Crippen molar-refractivity contribution in [3.63, 3.8) is 0 Å². The summed E-state index contributed by atoms with van der Waals surface area (Å²) in [6, 6.07) is 13.0. The number of methoxy groups -OCH3 is 1. The van der Waals surface area contributed by atoms with E-state index in [1.54, 1.807) is 24.1 Å². The van der Waals surface area contributed by atoms with Crippen LogP contribution < -0.4 is 4.74 Å². The number of hydrogen-bond acceptors (Lipinski definition) is 4. The molecular formula is C19H19NO4. The minimum absolute atomic E-state index is 0.105. The molecule has 1 aliphatic rings. The number of esters is 1. The molecule has 5 nitrogen and oxygen atoms in total. The Bertz CT molecular complexity index is 770. The van der Waals surface area contributed by atoms with Crippen molar-refractivity contribution >= 4 is 11.9 Å². The lowest BCUT2D eigenvalue weighted by molar-refractivity contribution is 0.0600. The summed E-state index contributed by atoms with van der Waals surface area (Å²) in [5.74, 6) is -0.0202. The van der Waals surface area contributed by atoms with Gasteiger partial charge in [0.05, 0.1) is 12.7 Å². The molecule has 5 heteroatoms. The van der Waals surface area contributed by atoms with Crippen LogP contribution in [-0.2, 0) is 17.8 Å². The van der Waals surface area contributed by atoms with E-state index in [1.807, 2.05) is 30.3 Å². The summed E-state index contributed by atoms with van der Waals surface area (Å²) in [5.41, 5.74) is 2.70. The lowest BCUT2D eigenvalue weighted by Gasteiger charge is -2.27. The average Bonchev–Trinajstić information content (AvgIpc) is 2.63. The summed E-state index contributed by atoms with van der Waals surface area (Å²) in [6.07, 6.45) is 0.698. The molecule has 0 bridgehead atoms. The Hall–Kier alpha value is -2.82. The van der Waals surface area contributed by atoms with Crippen LogP contribution >= 0.6 is 0 Å². The predicted molar refractivity (Wildman–Crippen MR) is 89.2 cm³/mol. The van der Waals surface area contributed by atoms with Crippen LogP contribution in [-0.4, -0.2) is 37.5 Å². The van der Waals surface area contributed by atoms with Crippen molar-refractivity contribution < 1.29 is 19.1 Å². The molecule has 1 aliphatic heterocycles. The molecule has 0 N–H and O–H groups in total. The maximum atomic E-state index is 12.4. The third kappa shape index (κ3) is 3.11. The molecule has 0 radical (unpaired) electrons. The Labute approximate surface area is 140 Å². The van der Waals surface area contributed by atoms with Gasteiger partial charge in [-0.2, -0.15) is 0 Å². The van der Waals surface area contributed by atoms with Gasteiger partial charge in [0.2, 0.25) is 0 Å². The Kier molecular flexibility index (Phi) is 4.51. The average molecular weight is 325 g/mol. The van der Waals surface area contributed by atoms with E-state index < -0.39 is 5.97 Å². The summed E-state index contributed by atoms with van der Waals surface area (Å²) in [7, 11) is 3.07. The minimum Gasteiger partial charge on any atom is -0.489 e. The fraction of sp³-hybridized carbons (Fsp3) is 0.263. The topological polar surface area (TPSA) is 55.8 Å². The zero-order valence-electron chi connectivity index (χ0n) is 13.7. The van der Waals surface area contributed by atoms with Gasteiger partial charge in [-0.15, -0.1) is 0 Å². The van der Waals surface area contributed by atoms with Crippen molar-refractivity contribution in [1.29, 1.82) is 0 Å². The summed E-state index contributed by atoms with van der Waals surface area (Å²) >= 11 is 0. The van der Waals surface area contributed by atoms with Crippen molar-refractivity contribution in [2.45, 2.75) is 13.0 Å². The van der Waals surface area contributed by atoms with E-state index in [9.17, 15) is 9.59 Å². The molecule has 2 aromatic rings. The number of benzene rings is 2. The van der Waals surface area contributed by atoms with Crippen LogP contribution in [0, 0.1) is 0 Å². The minimum atomic E-state index is -0.483. The van der Waals surface area contributed by atoms with E-state index in [2.05, 4.69) is 0 Å². The summed E-state index contributed by atoms with van der Waals surface area (Å²) < 4.78 is 10.7. The second-order valence-electron chi connectivity index (χ2n) is 5.74.